The number of rotatable bonds is 6. The van der Waals surface area contributed by atoms with E-state index < -0.39 is 0 Å². The molecule has 0 bridgehead atoms. The monoisotopic (exact) mass is 419 g/mol. The first-order chi connectivity index (χ1) is 9.72. The fourth-order valence-electron chi connectivity index (χ4n) is 1.93. The zero-order valence-electron chi connectivity index (χ0n) is 10.9. The van der Waals surface area contributed by atoms with E-state index in [2.05, 4.69) is 38.1 Å². The summed E-state index contributed by atoms with van der Waals surface area (Å²) in [7, 11) is 0. The van der Waals surface area contributed by atoms with Crippen molar-refractivity contribution in [3.8, 4) is 10.6 Å². The number of nitrogens with one attached hydrogen (secondary N) is 1. The summed E-state index contributed by atoms with van der Waals surface area (Å²) in [5.41, 5.74) is 1.05. The number of aryl methyl sites for hydroxylation is 1. The normalized spacial score (nSPS) is 14.7. The van der Waals surface area contributed by atoms with Crippen molar-refractivity contribution in [3.05, 3.63) is 31.8 Å². The molecule has 1 aromatic heterocycles. The molecule has 1 aliphatic carbocycles. The maximum Gasteiger partial charge on any atom is 0.147 e. The second kappa shape index (κ2) is 6.68. The van der Waals surface area contributed by atoms with Crippen LogP contribution in [0.4, 0.5) is 0 Å². The number of nitrogens with zero attached hydrogens (tertiary/aromatic N) is 2. The average molecular weight is 420 g/mol. The van der Waals surface area contributed by atoms with Crippen molar-refractivity contribution in [2.45, 2.75) is 31.7 Å². The van der Waals surface area contributed by atoms with Crippen molar-refractivity contribution in [1.82, 2.24) is 15.5 Å². The lowest BCUT2D eigenvalue weighted by Gasteiger charge is -2.00. The fraction of sp³-hybridized carbons (Fsp3) is 0.429. The fourth-order valence-corrected chi connectivity index (χ4v) is 3.33. The molecule has 1 N–H and O–H groups in total. The molecule has 3 nitrogen and oxygen atoms in total. The van der Waals surface area contributed by atoms with Crippen LogP contribution in [0.3, 0.4) is 0 Å². The molecule has 0 saturated heterocycles. The molecule has 0 atom stereocenters. The third-order valence-corrected chi connectivity index (χ3v) is 5.82. The number of hydrogen-bond acceptors (Lipinski definition) is 4. The Hall–Kier alpha value is -0.240. The molecule has 2 aromatic rings. The highest BCUT2D eigenvalue weighted by Crippen LogP contribution is 2.29. The van der Waals surface area contributed by atoms with Crippen LogP contribution in [0.25, 0.3) is 10.6 Å². The Kier molecular flexibility index (Phi) is 4.91. The van der Waals surface area contributed by atoms with E-state index in [1.54, 1.807) is 11.3 Å². The smallest absolute Gasteiger partial charge is 0.147 e. The summed E-state index contributed by atoms with van der Waals surface area (Å²) in [6.45, 7) is 1.08. The minimum Gasteiger partial charge on any atom is -0.314 e. The van der Waals surface area contributed by atoms with Crippen molar-refractivity contribution in [2.24, 2.45) is 0 Å². The number of aromatic nitrogens is 2. The van der Waals surface area contributed by atoms with Gasteiger partial charge in [0.2, 0.25) is 0 Å². The maximum atomic E-state index is 6.15. The molecule has 0 aliphatic heterocycles. The lowest BCUT2D eigenvalue weighted by molar-refractivity contribution is 0.643. The van der Waals surface area contributed by atoms with Crippen LogP contribution < -0.4 is 5.32 Å². The predicted molar refractivity (Wildman–Crippen MR) is 92.4 cm³/mol. The van der Waals surface area contributed by atoms with Gasteiger partial charge in [-0.15, -0.1) is 10.2 Å². The van der Waals surface area contributed by atoms with Gasteiger partial charge in [0.25, 0.3) is 0 Å². The molecule has 1 aromatic carbocycles. The molecule has 1 aliphatic rings. The molecule has 1 fully saturated rings. The van der Waals surface area contributed by atoms with Crippen LogP contribution in [-0.2, 0) is 6.42 Å². The van der Waals surface area contributed by atoms with Crippen LogP contribution >= 0.6 is 45.5 Å². The van der Waals surface area contributed by atoms with Gasteiger partial charge in [0.15, 0.2) is 0 Å². The number of hydrogen-bond donors (Lipinski definition) is 1. The van der Waals surface area contributed by atoms with Crippen LogP contribution in [0.15, 0.2) is 18.2 Å². The highest BCUT2D eigenvalue weighted by molar-refractivity contribution is 14.1. The molecule has 6 heteroatoms. The minimum absolute atomic E-state index is 0.772. The molecule has 106 valence electrons. The van der Waals surface area contributed by atoms with Gasteiger partial charge in [0, 0.05) is 21.6 Å². The van der Waals surface area contributed by atoms with Crippen molar-refractivity contribution in [2.75, 3.05) is 6.54 Å². The third-order valence-electron chi connectivity index (χ3n) is 3.21. The van der Waals surface area contributed by atoms with Gasteiger partial charge < -0.3 is 5.32 Å². The Morgan fingerprint density at radius 3 is 2.95 bits per heavy atom. The largest absolute Gasteiger partial charge is 0.314 e. The molecule has 0 spiro atoms. The van der Waals surface area contributed by atoms with E-state index in [0.29, 0.717) is 0 Å². The molecule has 0 amide bonds. The SMILES string of the molecule is Clc1cc(-c2nnc(CCCNC3CC3)s2)ccc1I. The molecule has 0 unspecified atom stereocenters. The zero-order valence-corrected chi connectivity index (χ0v) is 14.6. The Morgan fingerprint density at radius 2 is 2.20 bits per heavy atom. The van der Waals surface area contributed by atoms with Gasteiger partial charge in [-0.05, 0) is 60.5 Å². The summed E-state index contributed by atoms with van der Waals surface area (Å²) in [5.74, 6) is 0. The summed E-state index contributed by atoms with van der Waals surface area (Å²) in [5, 5.41) is 14.9. The Bertz CT molecular complexity index is 598. The van der Waals surface area contributed by atoms with Crippen LogP contribution in [0.5, 0.6) is 0 Å². The highest BCUT2D eigenvalue weighted by Gasteiger charge is 2.19. The number of halogens is 2. The van der Waals surface area contributed by atoms with E-state index in [0.717, 1.165) is 49.6 Å². The van der Waals surface area contributed by atoms with Gasteiger partial charge in [-0.2, -0.15) is 0 Å². The van der Waals surface area contributed by atoms with E-state index in [4.69, 9.17) is 11.6 Å². The average Bonchev–Trinajstić information content (AvgIpc) is 3.15. The number of benzene rings is 1. The van der Waals surface area contributed by atoms with Gasteiger partial charge in [-0.1, -0.05) is 29.0 Å². The van der Waals surface area contributed by atoms with Gasteiger partial charge in [-0.25, -0.2) is 0 Å². The van der Waals surface area contributed by atoms with Crippen LogP contribution in [0, 0.1) is 3.57 Å². The van der Waals surface area contributed by atoms with Gasteiger partial charge >= 0.3 is 0 Å². The van der Waals surface area contributed by atoms with Crippen molar-refractivity contribution >= 4 is 45.5 Å². The van der Waals surface area contributed by atoms with Gasteiger partial charge in [0.05, 0.1) is 5.02 Å². The molecule has 20 heavy (non-hydrogen) atoms. The Balaban J connectivity index is 1.58. The molecule has 3 rings (SSSR count). The second-order valence-electron chi connectivity index (χ2n) is 4.96. The van der Waals surface area contributed by atoms with Crippen molar-refractivity contribution in [1.29, 1.82) is 0 Å². The van der Waals surface area contributed by atoms with E-state index in [-0.39, 0.29) is 0 Å². The Morgan fingerprint density at radius 1 is 1.35 bits per heavy atom. The van der Waals surface area contributed by atoms with Crippen LogP contribution in [0.1, 0.15) is 24.3 Å². The van der Waals surface area contributed by atoms with E-state index in [1.165, 1.54) is 12.8 Å². The van der Waals surface area contributed by atoms with E-state index in [1.807, 2.05) is 18.2 Å². The molecule has 1 heterocycles. The first kappa shape index (κ1) is 14.7. The molecule has 1 saturated carbocycles. The summed E-state index contributed by atoms with van der Waals surface area (Å²) in [6.07, 6.45) is 4.81. The molecular weight excluding hydrogens is 405 g/mol. The lowest BCUT2D eigenvalue weighted by Crippen LogP contribution is -2.17. The Labute approximate surface area is 141 Å². The van der Waals surface area contributed by atoms with Crippen LogP contribution in [-0.4, -0.2) is 22.8 Å². The quantitative estimate of drug-likeness (QED) is 0.565. The first-order valence-electron chi connectivity index (χ1n) is 6.73. The van der Waals surface area contributed by atoms with Crippen molar-refractivity contribution < 1.29 is 0 Å². The van der Waals surface area contributed by atoms with Crippen LogP contribution in [0.2, 0.25) is 5.02 Å². The third kappa shape index (κ3) is 3.90. The second-order valence-corrected chi connectivity index (χ2v) is 7.59. The molecule has 0 radical (unpaired) electrons. The van der Waals surface area contributed by atoms with E-state index in [9.17, 15) is 0 Å². The van der Waals surface area contributed by atoms with E-state index >= 15 is 0 Å². The minimum atomic E-state index is 0.772. The topological polar surface area (TPSA) is 37.8 Å². The summed E-state index contributed by atoms with van der Waals surface area (Å²) in [4.78, 5) is 0. The maximum absolute atomic E-state index is 6.15. The predicted octanol–water partition coefficient (Wildman–Crippen LogP) is 4.15. The summed E-state index contributed by atoms with van der Waals surface area (Å²) < 4.78 is 1.06. The standard InChI is InChI=1S/C14H15ClIN3S/c15-11-8-9(3-6-12(11)16)14-19-18-13(20-14)2-1-7-17-10-4-5-10/h3,6,8,10,17H,1-2,4-5,7H2. The molecular formula is C14H15ClIN3S. The van der Waals surface area contributed by atoms with Gasteiger partial charge in [0.1, 0.15) is 10.0 Å². The summed E-state index contributed by atoms with van der Waals surface area (Å²) >= 11 is 10.0. The van der Waals surface area contributed by atoms with Gasteiger partial charge in [-0.3, -0.25) is 0 Å². The summed E-state index contributed by atoms with van der Waals surface area (Å²) in [6, 6.07) is 6.81. The zero-order chi connectivity index (χ0) is 13.9. The lowest BCUT2D eigenvalue weighted by atomic mass is 10.2. The highest BCUT2D eigenvalue weighted by atomic mass is 127. The van der Waals surface area contributed by atoms with Crippen molar-refractivity contribution in [3.63, 3.8) is 0 Å². The first-order valence-corrected chi connectivity index (χ1v) is 9.01.